The summed E-state index contributed by atoms with van der Waals surface area (Å²) < 4.78 is 0. The van der Waals surface area contributed by atoms with Crippen LogP contribution in [0.15, 0.2) is 0 Å². The minimum Gasteiger partial charge on any atom is -0.147 e. The molecule has 0 aromatic heterocycles. The quantitative estimate of drug-likeness (QED) is 0.343. The van der Waals surface area contributed by atoms with Crippen LogP contribution in [0.2, 0.25) is 0 Å². The van der Waals surface area contributed by atoms with Gasteiger partial charge in [0.1, 0.15) is 0 Å². The summed E-state index contributed by atoms with van der Waals surface area (Å²) in [7, 11) is 0. The van der Waals surface area contributed by atoms with E-state index in [4.69, 9.17) is 0 Å². The van der Waals surface area contributed by atoms with Crippen LogP contribution in [0, 0.1) is 41.7 Å². The van der Waals surface area contributed by atoms with E-state index in [1.165, 1.54) is 0 Å². The van der Waals surface area contributed by atoms with Crippen LogP contribution in [-0.4, -0.2) is 0 Å². The van der Waals surface area contributed by atoms with Crippen molar-refractivity contribution in [3.63, 3.8) is 0 Å². The first-order valence-electron chi connectivity index (χ1n) is 0. The fourth-order valence-electron chi connectivity index (χ4n) is 0. The molecule has 0 saturated carbocycles. The zero-order valence-electron chi connectivity index (χ0n) is 2.41. The SMILES string of the molecule is Cl.[Ce].[Ir].[Pd].[Ru].[Ti]. The van der Waals surface area contributed by atoms with Crippen LogP contribution in [0.1, 0.15) is 0 Å². The van der Waals surface area contributed by atoms with Crippen molar-refractivity contribution < 1.29 is 123 Å². The smallest absolute Gasteiger partial charge is 0 e. The van der Waals surface area contributed by atoms with E-state index >= 15 is 0 Å². The molecule has 0 atom stereocenters. The Morgan fingerprint density at radius 3 is 1.00 bits per heavy atom. The number of hydrogen-bond donors (Lipinski definition) is 0. The predicted molar refractivity (Wildman–Crippen MR) is 7.25 cm³/mol. The Morgan fingerprint density at radius 1 is 1.00 bits per heavy atom. The second-order valence-corrected chi connectivity index (χ2v) is 0. The Bertz CT molecular complexity index is 15.5. The molecule has 6 heavy (non-hydrogen) atoms. The minimum absolute atomic E-state index is 0. The van der Waals surface area contributed by atoms with Gasteiger partial charge < -0.3 is 0 Å². The molecule has 0 rings (SSSR count). The average molecular weight is 624 g/mol. The first-order valence-corrected chi connectivity index (χ1v) is 0. The molecule has 0 heterocycles. The molecule has 0 aromatic rings. The Labute approximate surface area is 133 Å². The minimum atomic E-state index is 0. The van der Waals surface area contributed by atoms with E-state index in [0.717, 1.165) is 0 Å². The molecular formula is HCeClIrPdRuTi. The summed E-state index contributed by atoms with van der Waals surface area (Å²) in [5, 5.41) is 0. The maximum Gasteiger partial charge on any atom is 0 e. The normalized spacial score (nSPS) is 0. The summed E-state index contributed by atoms with van der Waals surface area (Å²) >= 11 is 0. The van der Waals surface area contributed by atoms with Gasteiger partial charge in [-0.15, -0.1) is 12.4 Å². The zero-order chi connectivity index (χ0) is 0. The maximum absolute atomic E-state index is 0. The van der Waals surface area contributed by atoms with E-state index in [0.29, 0.717) is 0 Å². The molecular weight excluding hydrogens is 623 g/mol. The van der Waals surface area contributed by atoms with Crippen molar-refractivity contribution in [3.8, 4) is 0 Å². The molecule has 0 nitrogen and oxygen atoms in total. The Balaban J connectivity index is 0. The van der Waals surface area contributed by atoms with Crippen LogP contribution < -0.4 is 0 Å². The van der Waals surface area contributed by atoms with Crippen molar-refractivity contribution in [2.24, 2.45) is 0 Å². The third-order valence-corrected chi connectivity index (χ3v) is 0. The number of rotatable bonds is 0. The van der Waals surface area contributed by atoms with Crippen LogP contribution in [0.4, 0.5) is 0 Å². The second kappa shape index (κ2) is 34.6. The van der Waals surface area contributed by atoms with Crippen molar-refractivity contribution in [3.05, 3.63) is 0 Å². The van der Waals surface area contributed by atoms with Crippen LogP contribution in [0.5, 0.6) is 0 Å². The van der Waals surface area contributed by atoms with Gasteiger partial charge in [0.25, 0.3) is 0 Å². The zero-order valence-corrected chi connectivity index (χ0v) is 13.6. The van der Waals surface area contributed by atoms with Gasteiger partial charge in [-0.05, 0) is 0 Å². The Hall–Kier alpha value is 4.32. The summed E-state index contributed by atoms with van der Waals surface area (Å²) in [6.45, 7) is 0. The molecule has 6 heteroatoms. The van der Waals surface area contributed by atoms with Crippen molar-refractivity contribution in [2.75, 3.05) is 0 Å². The maximum atomic E-state index is 0. The third kappa shape index (κ3) is 23.9. The predicted octanol–water partition coefficient (Wildman–Crippen LogP) is 0.412. The standard InChI is InChI=1S/Ce.ClH.Ir.Pd.Ru.Ti/h;1H;;;;. The van der Waals surface area contributed by atoms with Gasteiger partial charge in [-0.3, -0.25) is 0 Å². The van der Waals surface area contributed by atoms with Gasteiger partial charge >= 0.3 is 0 Å². The second-order valence-electron chi connectivity index (χ2n) is 0. The van der Waals surface area contributed by atoms with Crippen LogP contribution in [-0.2, 0) is 81.7 Å². The van der Waals surface area contributed by atoms with Crippen LogP contribution in [0.25, 0.3) is 0 Å². The number of hydrogen-bond acceptors (Lipinski definition) is 0. The molecule has 0 aliphatic heterocycles. The molecule has 0 aliphatic carbocycles. The molecule has 1 radical (unpaired) electrons. The van der Waals surface area contributed by atoms with Crippen LogP contribution in [0.3, 0.4) is 0 Å². The van der Waals surface area contributed by atoms with Gasteiger partial charge in [0, 0.05) is 123 Å². The molecule has 0 unspecified atom stereocenters. The molecule has 0 bridgehead atoms. The fraction of sp³-hybridized carbons (Fsp3) is 0. The van der Waals surface area contributed by atoms with E-state index in [1.54, 1.807) is 0 Å². The Kier molecular flexibility index (Phi) is 277. The summed E-state index contributed by atoms with van der Waals surface area (Å²) in [6.07, 6.45) is 0. The average Bonchev–Trinajstić information content (AvgIpc) is 0. The first-order chi connectivity index (χ1) is 0. The molecule has 0 aromatic carbocycles. The van der Waals surface area contributed by atoms with E-state index in [9.17, 15) is 0 Å². The van der Waals surface area contributed by atoms with Gasteiger partial charge in [-0.1, -0.05) is 0 Å². The van der Waals surface area contributed by atoms with Gasteiger partial charge in [-0.25, -0.2) is 0 Å². The van der Waals surface area contributed by atoms with E-state index in [2.05, 4.69) is 0 Å². The third-order valence-electron chi connectivity index (χ3n) is 0. The van der Waals surface area contributed by atoms with Crippen LogP contribution >= 0.6 is 12.4 Å². The summed E-state index contributed by atoms with van der Waals surface area (Å²) in [4.78, 5) is 0. The summed E-state index contributed by atoms with van der Waals surface area (Å²) in [5.74, 6) is 0. The molecule has 0 aliphatic rings. The molecule has 0 amide bonds. The molecule has 0 N–H and O–H groups in total. The van der Waals surface area contributed by atoms with Gasteiger partial charge in [-0.2, -0.15) is 0 Å². The largest absolute Gasteiger partial charge is 0.147 e. The molecule has 43 valence electrons. The summed E-state index contributed by atoms with van der Waals surface area (Å²) in [6, 6.07) is 0. The van der Waals surface area contributed by atoms with E-state index in [-0.39, 0.29) is 136 Å². The monoisotopic (exact) mass is 625 g/mol. The molecule has 0 fully saturated rings. The van der Waals surface area contributed by atoms with E-state index < -0.39 is 0 Å². The number of halogens is 1. The van der Waals surface area contributed by atoms with Gasteiger partial charge in [0.05, 0.1) is 0 Å². The van der Waals surface area contributed by atoms with Crippen molar-refractivity contribution in [1.82, 2.24) is 0 Å². The van der Waals surface area contributed by atoms with Gasteiger partial charge in [0.2, 0.25) is 0 Å². The topological polar surface area (TPSA) is 0 Å². The van der Waals surface area contributed by atoms with Gasteiger partial charge in [0.15, 0.2) is 0 Å². The fourth-order valence-corrected chi connectivity index (χ4v) is 0. The Morgan fingerprint density at radius 2 is 1.00 bits per heavy atom. The molecule has 0 saturated heterocycles. The first kappa shape index (κ1) is 48.1. The van der Waals surface area contributed by atoms with Crippen molar-refractivity contribution >= 4 is 12.4 Å². The van der Waals surface area contributed by atoms with E-state index in [1.807, 2.05) is 0 Å². The van der Waals surface area contributed by atoms with Crippen molar-refractivity contribution in [2.45, 2.75) is 0 Å². The molecule has 0 spiro atoms. The van der Waals surface area contributed by atoms with Crippen molar-refractivity contribution in [1.29, 1.82) is 0 Å². The summed E-state index contributed by atoms with van der Waals surface area (Å²) in [5.41, 5.74) is 0.